The first-order valence-corrected chi connectivity index (χ1v) is 7.30. The summed E-state index contributed by atoms with van der Waals surface area (Å²) >= 11 is 0. The zero-order valence-electron chi connectivity index (χ0n) is 10.8. The molecule has 0 bridgehead atoms. The van der Waals surface area contributed by atoms with E-state index in [2.05, 4.69) is 17.5 Å². The summed E-state index contributed by atoms with van der Waals surface area (Å²) in [4.78, 5) is 11.9. The van der Waals surface area contributed by atoms with Crippen LogP contribution in [0.15, 0.2) is 12.2 Å². The molecule has 0 aromatic heterocycles. The number of hydrogen-bond acceptors (Lipinski definition) is 1. The quantitative estimate of drug-likeness (QED) is 0.744. The van der Waals surface area contributed by atoms with Crippen molar-refractivity contribution >= 4 is 5.91 Å². The third-order valence-corrected chi connectivity index (χ3v) is 4.03. The van der Waals surface area contributed by atoms with Gasteiger partial charge in [0.15, 0.2) is 0 Å². The molecule has 1 unspecified atom stereocenters. The summed E-state index contributed by atoms with van der Waals surface area (Å²) in [5.74, 6) is 0.774. The highest BCUT2D eigenvalue weighted by Crippen LogP contribution is 2.21. The topological polar surface area (TPSA) is 29.1 Å². The van der Waals surface area contributed by atoms with Crippen molar-refractivity contribution in [2.24, 2.45) is 5.92 Å². The Morgan fingerprint density at radius 3 is 2.41 bits per heavy atom. The van der Waals surface area contributed by atoms with Crippen LogP contribution in [0.1, 0.15) is 64.2 Å². The third kappa shape index (κ3) is 4.53. The minimum atomic E-state index is 0.270. The summed E-state index contributed by atoms with van der Waals surface area (Å²) in [7, 11) is 0. The van der Waals surface area contributed by atoms with E-state index in [-0.39, 0.29) is 5.91 Å². The highest BCUT2D eigenvalue weighted by Gasteiger charge is 2.17. The van der Waals surface area contributed by atoms with E-state index in [0.717, 1.165) is 12.8 Å². The van der Waals surface area contributed by atoms with Gasteiger partial charge in [-0.25, -0.2) is 0 Å². The van der Waals surface area contributed by atoms with E-state index in [1.165, 1.54) is 44.9 Å². The average Bonchev–Trinajstić information content (AvgIpc) is 2.74. The van der Waals surface area contributed by atoms with Crippen LogP contribution in [-0.2, 0) is 4.79 Å². The van der Waals surface area contributed by atoms with Gasteiger partial charge in [0.25, 0.3) is 0 Å². The van der Waals surface area contributed by atoms with E-state index in [4.69, 9.17) is 0 Å². The summed E-state index contributed by atoms with van der Waals surface area (Å²) < 4.78 is 0. The average molecular weight is 235 g/mol. The van der Waals surface area contributed by atoms with Gasteiger partial charge in [0.2, 0.25) is 5.91 Å². The first kappa shape index (κ1) is 12.7. The molecule has 2 rings (SSSR count). The molecule has 0 aromatic rings. The second kappa shape index (κ2) is 6.83. The fourth-order valence-corrected chi connectivity index (χ4v) is 2.99. The number of nitrogens with one attached hydrogen (secondary N) is 1. The molecule has 0 aromatic carbocycles. The molecule has 96 valence electrons. The zero-order valence-corrected chi connectivity index (χ0v) is 10.8. The molecule has 1 saturated carbocycles. The van der Waals surface area contributed by atoms with Crippen LogP contribution in [0.25, 0.3) is 0 Å². The molecule has 0 spiro atoms. The van der Waals surface area contributed by atoms with Crippen LogP contribution >= 0.6 is 0 Å². The van der Waals surface area contributed by atoms with Gasteiger partial charge in [-0.15, -0.1) is 0 Å². The van der Waals surface area contributed by atoms with Crippen molar-refractivity contribution in [1.29, 1.82) is 0 Å². The fourth-order valence-electron chi connectivity index (χ4n) is 2.99. The Hall–Kier alpha value is -0.790. The molecular formula is C15H25NO. The Balaban J connectivity index is 1.70. The number of allylic oxidation sites excluding steroid dienone is 2. The summed E-state index contributed by atoms with van der Waals surface area (Å²) in [6.07, 6.45) is 16.4. The fraction of sp³-hybridized carbons (Fsp3) is 0.800. The predicted octanol–water partition coefficient (Wildman–Crippen LogP) is 3.57. The van der Waals surface area contributed by atoms with E-state index in [1.54, 1.807) is 0 Å². The van der Waals surface area contributed by atoms with Crippen molar-refractivity contribution in [1.82, 2.24) is 5.32 Å². The molecule has 0 aliphatic heterocycles. The molecular weight excluding hydrogens is 210 g/mol. The van der Waals surface area contributed by atoms with E-state index < -0.39 is 0 Å². The normalized spacial score (nSPS) is 26.5. The molecule has 2 nitrogen and oxygen atoms in total. The van der Waals surface area contributed by atoms with E-state index in [1.807, 2.05) is 0 Å². The third-order valence-electron chi connectivity index (χ3n) is 4.03. The smallest absolute Gasteiger partial charge is 0.220 e. The molecule has 17 heavy (non-hydrogen) atoms. The lowest BCUT2D eigenvalue weighted by atomic mass is 9.96. The predicted molar refractivity (Wildman–Crippen MR) is 70.7 cm³/mol. The van der Waals surface area contributed by atoms with Gasteiger partial charge >= 0.3 is 0 Å². The maximum Gasteiger partial charge on any atom is 0.220 e. The van der Waals surface area contributed by atoms with Crippen molar-refractivity contribution in [2.75, 3.05) is 0 Å². The van der Waals surface area contributed by atoms with Gasteiger partial charge in [0.05, 0.1) is 0 Å². The van der Waals surface area contributed by atoms with Crippen molar-refractivity contribution in [2.45, 2.75) is 70.3 Å². The monoisotopic (exact) mass is 235 g/mol. The number of rotatable bonds is 3. The second-order valence-electron chi connectivity index (χ2n) is 5.58. The van der Waals surface area contributed by atoms with Gasteiger partial charge in [-0.05, 0) is 31.6 Å². The second-order valence-corrected chi connectivity index (χ2v) is 5.58. The van der Waals surface area contributed by atoms with Gasteiger partial charge in [0, 0.05) is 12.5 Å². The minimum absolute atomic E-state index is 0.270. The summed E-state index contributed by atoms with van der Waals surface area (Å²) in [6, 6.07) is 0.452. The summed E-state index contributed by atoms with van der Waals surface area (Å²) in [6.45, 7) is 0. The zero-order chi connectivity index (χ0) is 11.9. The highest BCUT2D eigenvalue weighted by atomic mass is 16.1. The number of amides is 1. The number of carbonyl (C=O) groups excluding carboxylic acids is 1. The van der Waals surface area contributed by atoms with Gasteiger partial charge in [-0.3, -0.25) is 4.79 Å². The molecule has 2 heteroatoms. The van der Waals surface area contributed by atoms with Gasteiger partial charge in [-0.2, -0.15) is 0 Å². The van der Waals surface area contributed by atoms with E-state index >= 15 is 0 Å². The van der Waals surface area contributed by atoms with E-state index in [0.29, 0.717) is 18.4 Å². The number of carbonyl (C=O) groups is 1. The number of hydrogen-bond donors (Lipinski definition) is 1. The lowest BCUT2D eigenvalue weighted by molar-refractivity contribution is -0.122. The summed E-state index contributed by atoms with van der Waals surface area (Å²) in [5, 5.41) is 3.24. The van der Waals surface area contributed by atoms with Crippen LogP contribution in [0.2, 0.25) is 0 Å². The molecule has 1 atom stereocenters. The van der Waals surface area contributed by atoms with Crippen LogP contribution in [0, 0.1) is 5.92 Å². The van der Waals surface area contributed by atoms with Crippen LogP contribution in [0.5, 0.6) is 0 Å². The van der Waals surface area contributed by atoms with Crippen molar-refractivity contribution in [3.8, 4) is 0 Å². The standard InChI is InChI=1S/C15H25NO/c17-15(12-13-8-6-7-9-13)16-14-10-4-2-1-3-5-11-14/h6,8,13-14H,1-5,7,9-12H2,(H,16,17). The Morgan fingerprint density at radius 2 is 1.76 bits per heavy atom. The highest BCUT2D eigenvalue weighted by molar-refractivity contribution is 5.76. The Labute approximate surface area is 105 Å². The largest absolute Gasteiger partial charge is 0.353 e. The molecule has 0 heterocycles. The van der Waals surface area contributed by atoms with Crippen molar-refractivity contribution < 1.29 is 4.79 Å². The first-order valence-electron chi connectivity index (χ1n) is 7.30. The maximum absolute atomic E-state index is 11.9. The first-order chi connectivity index (χ1) is 8.34. The van der Waals surface area contributed by atoms with Crippen LogP contribution < -0.4 is 5.32 Å². The summed E-state index contributed by atoms with van der Waals surface area (Å²) in [5.41, 5.74) is 0. The molecule has 2 aliphatic rings. The van der Waals surface area contributed by atoms with Gasteiger partial charge in [-0.1, -0.05) is 44.3 Å². The van der Waals surface area contributed by atoms with Crippen LogP contribution in [-0.4, -0.2) is 11.9 Å². The van der Waals surface area contributed by atoms with Crippen molar-refractivity contribution in [3.05, 3.63) is 12.2 Å². The Kier molecular flexibility index (Phi) is 5.08. The van der Waals surface area contributed by atoms with Crippen molar-refractivity contribution in [3.63, 3.8) is 0 Å². The van der Waals surface area contributed by atoms with Crippen LogP contribution in [0.4, 0.5) is 0 Å². The van der Waals surface area contributed by atoms with E-state index in [9.17, 15) is 4.79 Å². The Bertz CT molecular complexity index is 264. The van der Waals surface area contributed by atoms with Crippen LogP contribution in [0.3, 0.4) is 0 Å². The minimum Gasteiger partial charge on any atom is -0.353 e. The molecule has 0 saturated heterocycles. The SMILES string of the molecule is O=C(CC1C=CCC1)NC1CCCCCCC1. The molecule has 1 N–H and O–H groups in total. The van der Waals surface area contributed by atoms with Gasteiger partial charge < -0.3 is 5.32 Å². The molecule has 1 fully saturated rings. The molecule has 2 aliphatic carbocycles. The van der Waals surface area contributed by atoms with Gasteiger partial charge in [0.1, 0.15) is 0 Å². The molecule has 1 amide bonds. The maximum atomic E-state index is 11.9. The lowest BCUT2D eigenvalue weighted by Gasteiger charge is -2.21. The Morgan fingerprint density at radius 1 is 1.06 bits per heavy atom. The lowest BCUT2D eigenvalue weighted by Crippen LogP contribution is -2.35. The molecule has 0 radical (unpaired) electrons.